The van der Waals surface area contributed by atoms with Crippen molar-refractivity contribution in [3.63, 3.8) is 0 Å². The molecule has 0 spiro atoms. The first-order chi connectivity index (χ1) is 8.83. The highest BCUT2D eigenvalue weighted by Crippen LogP contribution is 2.24. The summed E-state index contributed by atoms with van der Waals surface area (Å²) >= 11 is 0. The van der Waals surface area contributed by atoms with E-state index in [1.807, 2.05) is 36.4 Å². The van der Waals surface area contributed by atoms with E-state index in [9.17, 15) is 0 Å². The molecule has 2 aromatic carbocycles. The summed E-state index contributed by atoms with van der Waals surface area (Å²) in [4.78, 5) is 0. The summed E-state index contributed by atoms with van der Waals surface area (Å²) in [6.45, 7) is 4.47. The number of hydrogen-bond acceptors (Lipinski definition) is 3. The predicted octanol–water partition coefficient (Wildman–Crippen LogP) is 3.39. The van der Waals surface area contributed by atoms with Crippen LogP contribution in [0.15, 0.2) is 49.2 Å². The fourth-order valence-electron chi connectivity index (χ4n) is 1.71. The summed E-state index contributed by atoms with van der Waals surface area (Å²) < 4.78 is 15.8. The van der Waals surface area contributed by atoms with Gasteiger partial charge in [0.15, 0.2) is 0 Å². The molecule has 3 heteroatoms. The zero-order valence-corrected chi connectivity index (χ0v) is 10.4. The first-order valence-corrected chi connectivity index (χ1v) is 5.76. The van der Waals surface area contributed by atoms with Crippen LogP contribution in [0.2, 0.25) is 0 Å². The number of hydrogen-bond donors (Lipinski definition) is 0. The topological polar surface area (TPSA) is 27.7 Å². The fourth-order valence-corrected chi connectivity index (χ4v) is 1.71. The first-order valence-electron chi connectivity index (χ1n) is 5.76. The highest BCUT2D eigenvalue weighted by atomic mass is 16.5. The molecule has 0 atom stereocenters. The minimum absolute atomic E-state index is 0.500. The second-order valence-electron chi connectivity index (χ2n) is 3.76. The Labute approximate surface area is 107 Å². The van der Waals surface area contributed by atoms with Gasteiger partial charge < -0.3 is 14.2 Å². The van der Waals surface area contributed by atoms with Gasteiger partial charge in [0.25, 0.3) is 0 Å². The molecule has 3 nitrogen and oxygen atoms in total. The van der Waals surface area contributed by atoms with Crippen LogP contribution in [-0.2, 0) is 4.74 Å². The quantitative estimate of drug-likeness (QED) is 0.576. The van der Waals surface area contributed by atoms with E-state index < -0.39 is 0 Å². The van der Waals surface area contributed by atoms with Crippen molar-refractivity contribution in [2.45, 2.75) is 0 Å². The zero-order chi connectivity index (χ0) is 12.8. The second-order valence-corrected chi connectivity index (χ2v) is 3.76. The molecule has 0 aromatic heterocycles. The molecule has 2 aromatic rings. The Hall–Kier alpha value is -2.16. The molecule has 0 aliphatic heterocycles. The van der Waals surface area contributed by atoms with Crippen LogP contribution in [0.25, 0.3) is 10.8 Å². The van der Waals surface area contributed by atoms with Crippen molar-refractivity contribution >= 4 is 10.8 Å². The van der Waals surface area contributed by atoms with E-state index in [1.54, 1.807) is 7.11 Å². The molecule has 0 amide bonds. The van der Waals surface area contributed by atoms with E-state index >= 15 is 0 Å². The fraction of sp³-hybridized carbons (Fsp3) is 0.200. The Morgan fingerprint density at radius 2 is 1.72 bits per heavy atom. The van der Waals surface area contributed by atoms with Gasteiger partial charge in [-0.25, -0.2) is 0 Å². The van der Waals surface area contributed by atoms with Crippen molar-refractivity contribution in [3.8, 4) is 11.5 Å². The maximum Gasteiger partial charge on any atom is 0.122 e. The lowest BCUT2D eigenvalue weighted by atomic mass is 10.1. The Kier molecular flexibility index (Phi) is 4.07. The van der Waals surface area contributed by atoms with Crippen molar-refractivity contribution in [2.75, 3.05) is 20.3 Å². The van der Waals surface area contributed by atoms with Crippen LogP contribution in [0.4, 0.5) is 0 Å². The molecule has 0 saturated heterocycles. The van der Waals surface area contributed by atoms with Gasteiger partial charge in [-0.15, -0.1) is 0 Å². The van der Waals surface area contributed by atoms with Gasteiger partial charge in [0.2, 0.25) is 0 Å². The van der Waals surface area contributed by atoms with Crippen LogP contribution in [0.5, 0.6) is 11.5 Å². The van der Waals surface area contributed by atoms with E-state index in [2.05, 4.69) is 6.58 Å². The maximum absolute atomic E-state index is 5.58. The first kappa shape index (κ1) is 12.3. The van der Waals surface area contributed by atoms with Gasteiger partial charge in [-0.1, -0.05) is 18.7 Å². The highest BCUT2D eigenvalue weighted by molar-refractivity contribution is 5.85. The molecule has 2 rings (SSSR count). The van der Waals surface area contributed by atoms with Gasteiger partial charge in [-0.3, -0.25) is 0 Å². The third-order valence-corrected chi connectivity index (χ3v) is 2.61. The van der Waals surface area contributed by atoms with Crippen LogP contribution in [0.1, 0.15) is 0 Å². The summed E-state index contributed by atoms with van der Waals surface area (Å²) in [5.74, 6) is 1.66. The molecule has 0 unspecified atom stereocenters. The van der Waals surface area contributed by atoms with E-state index in [4.69, 9.17) is 14.2 Å². The van der Waals surface area contributed by atoms with Crippen molar-refractivity contribution in [1.29, 1.82) is 0 Å². The third kappa shape index (κ3) is 2.94. The average Bonchev–Trinajstić information content (AvgIpc) is 2.42. The van der Waals surface area contributed by atoms with Gasteiger partial charge >= 0.3 is 0 Å². The Morgan fingerprint density at radius 3 is 2.44 bits per heavy atom. The molecule has 0 heterocycles. The molecule has 0 bridgehead atoms. The van der Waals surface area contributed by atoms with Crippen molar-refractivity contribution in [1.82, 2.24) is 0 Å². The Balaban J connectivity index is 2.12. The van der Waals surface area contributed by atoms with Crippen LogP contribution >= 0.6 is 0 Å². The number of benzene rings is 2. The summed E-state index contributed by atoms with van der Waals surface area (Å²) in [6, 6.07) is 11.9. The number of methoxy groups -OCH3 is 1. The minimum Gasteiger partial charge on any atom is -0.498 e. The van der Waals surface area contributed by atoms with E-state index in [-0.39, 0.29) is 0 Å². The molecule has 0 N–H and O–H groups in total. The Bertz CT molecular complexity index is 534. The van der Waals surface area contributed by atoms with Crippen LogP contribution in [0.3, 0.4) is 0 Å². The monoisotopic (exact) mass is 244 g/mol. The van der Waals surface area contributed by atoms with Crippen molar-refractivity contribution < 1.29 is 14.2 Å². The average molecular weight is 244 g/mol. The summed E-state index contributed by atoms with van der Waals surface area (Å²) in [5.41, 5.74) is 0. The lowest BCUT2D eigenvalue weighted by molar-refractivity contribution is 0.180. The molecular formula is C15H16O3. The predicted molar refractivity (Wildman–Crippen MR) is 72.1 cm³/mol. The highest BCUT2D eigenvalue weighted by Gasteiger charge is 1.99. The second kappa shape index (κ2) is 5.96. The molecule has 18 heavy (non-hydrogen) atoms. The summed E-state index contributed by atoms with van der Waals surface area (Å²) in [7, 11) is 1.66. The molecule has 0 aliphatic carbocycles. The SMILES string of the molecule is C=COCCOc1ccc2ccc(OC)cc2c1. The Morgan fingerprint density at radius 1 is 1.00 bits per heavy atom. The lowest BCUT2D eigenvalue weighted by Crippen LogP contribution is -2.03. The molecule has 0 fully saturated rings. The van der Waals surface area contributed by atoms with E-state index in [0.29, 0.717) is 13.2 Å². The van der Waals surface area contributed by atoms with Crippen molar-refractivity contribution in [2.24, 2.45) is 0 Å². The normalized spacial score (nSPS) is 10.1. The standard InChI is InChI=1S/C15H16O3/c1-3-17-8-9-18-15-7-5-12-4-6-14(16-2)10-13(12)11-15/h3-7,10-11H,1,8-9H2,2H3. The number of rotatable bonds is 6. The van der Waals surface area contributed by atoms with Crippen molar-refractivity contribution in [3.05, 3.63) is 49.2 Å². The largest absolute Gasteiger partial charge is 0.498 e. The van der Waals surface area contributed by atoms with Gasteiger partial charge in [0.1, 0.15) is 24.7 Å². The van der Waals surface area contributed by atoms with Gasteiger partial charge in [-0.05, 0) is 35.0 Å². The summed E-state index contributed by atoms with van der Waals surface area (Å²) in [6.07, 6.45) is 1.41. The van der Waals surface area contributed by atoms with Gasteiger partial charge in [-0.2, -0.15) is 0 Å². The van der Waals surface area contributed by atoms with Gasteiger partial charge in [0.05, 0.1) is 13.4 Å². The summed E-state index contributed by atoms with van der Waals surface area (Å²) in [5, 5.41) is 2.25. The number of ether oxygens (including phenoxy) is 3. The minimum atomic E-state index is 0.500. The molecule has 0 saturated carbocycles. The lowest BCUT2D eigenvalue weighted by Gasteiger charge is -2.08. The molecule has 94 valence electrons. The third-order valence-electron chi connectivity index (χ3n) is 2.61. The molecule has 0 radical (unpaired) electrons. The van der Waals surface area contributed by atoms with Crippen LogP contribution in [0, 0.1) is 0 Å². The molecular weight excluding hydrogens is 228 g/mol. The van der Waals surface area contributed by atoms with Crippen LogP contribution in [-0.4, -0.2) is 20.3 Å². The smallest absolute Gasteiger partial charge is 0.122 e. The van der Waals surface area contributed by atoms with Gasteiger partial charge in [0, 0.05) is 0 Å². The molecule has 0 aliphatic rings. The van der Waals surface area contributed by atoms with Crippen LogP contribution < -0.4 is 9.47 Å². The number of fused-ring (bicyclic) bond motifs is 1. The maximum atomic E-state index is 5.58. The zero-order valence-electron chi connectivity index (χ0n) is 10.4. The van der Waals surface area contributed by atoms with E-state index in [1.165, 1.54) is 6.26 Å². The van der Waals surface area contributed by atoms with E-state index in [0.717, 1.165) is 22.3 Å².